The molecule has 0 fully saturated rings. The van der Waals surface area contributed by atoms with Crippen LogP contribution in [0.15, 0.2) is 21.6 Å². The molecule has 1 aromatic heterocycles. The second-order valence-electron chi connectivity index (χ2n) is 2.75. The number of hydrogen-bond donors (Lipinski definition) is 2. The van der Waals surface area contributed by atoms with Gasteiger partial charge in [0.05, 0.1) is 12.9 Å². The molecule has 8 heteroatoms. The monoisotopic (exact) mass is 259 g/mol. The van der Waals surface area contributed by atoms with Crippen molar-refractivity contribution in [3.05, 3.63) is 17.9 Å². The molecule has 7 nitrogen and oxygen atoms in total. The molecule has 0 saturated heterocycles. The van der Waals surface area contributed by atoms with Gasteiger partial charge in [0.25, 0.3) is 0 Å². The number of hydrogen-bond acceptors (Lipinski definition) is 6. The van der Waals surface area contributed by atoms with Gasteiger partial charge in [-0.05, 0) is 12.1 Å². The summed E-state index contributed by atoms with van der Waals surface area (Å²) in [7, 11) is 1.14. The van der Waals surface area contributed by atoms with E-state index in [1.165, 1.54) is 12.1 Å². The van der Waals surface area contributed by atoms with Crippen molar-refractivity contribution >= 4 is 29.7 Å². The molecule has 2 amide bonds. The standard InChI is InChI=1S/C9H9NO6S/c1-15-9(14)10-6(11)4-17-7-3-2-5(16-7)8(12)13/h2-3H,4H2,1H3,(H,12,13)(H,10,11,14). The topological polar surface area (TPSA) is 106 Å². The lowest BCUT2D eigenvalue weighted by molar-refractivity contribution is -0.117. The number of carbonyl (C=O) groups is 3. The molecule has 2 N–H and O–H groups in total. The van der Waals surface area contributed by atoms with Crippen molar-refractivity contribution < 1.29 is 28.6 Å². The summed E-state index contributed by atoms with van der Waals surface area (Å²) in [6.07, 6.45) is -0.846. The van der Waals surface area contributed by atoms with Crippen LogP contribution < -0.4 is 5.32 Å². The number of carboxylic acid groups (broad SMARTS) is 1. The summed E-state index contributed by atoms with van der Waals surface area (Å²) in [5.74, 6) is -2.03. The zero-order valence-corrected chi connectivity index (χ0v) is 9.58. The normalized spacial score (nSPS) is 9.71. The minimum Gasteiger partial charge on any atom is -0.475 e. The van der Waals surface area contributed by atoms with E-state index in [1.54, 1.807) is 0 Å². The molecule has 0 atom stereocenters. The van der Waals surface area contributed by atoms with Gasteiger partial charge < -0.3 is 14.3 Å². The summed E-state index contributed by atoms with van der Waals surface area (Å²) >= 11 is 0.969. The first-order valence-corrected chi connectivity index (χ1v) is 5.35. The highest BCUT2D eigenvalue weighted by Gasteiger charge is 2.12. The maximum absolute atomic E-state index is 11.1. The Morgan fingerprint density at radius 1 is 1.47 bits per heavy atom. The van der Waals surface area contributed by atoms with E-state index in [1.807, 2.05) is 5.32 Å². The van der Waals surface area contributed by atoms with Gasteiger partial charge in [0.2, 0.25) is 11.7 Å². The van der Waals surface area contributed by atoms with Gasteiger partial charge in [0.15, 0.2) is 5.09 Å². The Bertz CT molecular complexity index is 440. The third-order valence-corrected chi connectivity index (χ3v) is 2.47. The highest BCUT2D eigenvalue weighted by Crippen LogP contribution is 2.20. The Hall–Kier alpha value is -1.96. The number of amides is 2. The fourth-order valence-corrected chi connectivity index (χ4v) is 1.51. The predicted octanol–water partition coefficient (Wildman–Crippen LogP) is 0.953. The third kappa shape index (κ3) is 4.19. The fraction of sp³-hybridized carbons (Fsp3) is 0.222. The summed E-state index contributed by atoms with van der Waals surface area (Å²) in [5.41, 5.74) is 0. The molecule has 0 radical (unpaired) electrons. The van der Waals surface area contributed by atoms with E-state index in [2.05, 4.69) is 4.74 Å². The number of furan rings is 1. The van der Waals surface area contributed by atoms with E-state index in [0.29, 0.717) is 0 Å². The maximum Gasteiger partial charge on any atom is 0.413 e. The van der Waals surface area contributed by atoms with Crippen molar-refractivity contribution in [2.45, 2.75) is 5.09 Å². The highest BCUT2D eigenvalue weighted by molar-refractivity contribution is 7.99. The molecule has 92 valence electrons. The van der Waals surface area contributed by atoms with Gasteiger partial charge in [0.1, 0.15) is 0 Å². The van der Waals surface area contributed by atoms with E-state index in [0.717, 1.165) is 18.9 Å². The van der Waals surface area contributed by atoms with Crippen molar-refractivity contribution in [1.29, 1.82) is 0 Å². The van der Waals surface area contributed by atoms with E-state index >= 15 is 0 Å². The van der Waals surface area contributed by atoms with Crippen LogP contribution in [0, 0.1) is 0 Å². The predicted molar refractivity (Wildman–Crippen MR) is 56.9 cm³/mol. The summed E-state index contributed by atoms with van der Waals surface area (Å²) in [6.45, 7) is 0. The largest absolute Gasteiger partial charge is 0.475 e. The molecule has 0 aliphatic carbocycles. The average molecular weight is 259 g/mol. The Kier molecular flexibility index (Phi) is 4.58. The molecule has 0 bridgehead atoms. The fourth-order valence-electron chi connectivity index (χ4n) is 0.850. The average Bonchev–Trinajstić information content (AvgIpc) is 2.75. The Balaban J connectivity index is 2.42. The van der Waals surface area contributed by atoms with E-state index < -0.39 is 18.0 Å². The molecular formula is C9H9NO6S. The van der Waals surface area contributed by atoms with Crippen LogP contribution in [0.5, 0.6) is 0 Å². The third-order valence-electron chi connectivity index (χ3n) is 1.56. The van der Waals surface area contributed by atoms with Crippen LogP contribution in [0.3, 0.4) is 0 Å². The van der Waals surface area contributed by atoms with Crippen molar-refractivity contribution in [2.24, 2.45) is 0 Å². The van der Waals surface area contributed by atoms with Crippen LogP contribution in [0.4, 0.5) is 4.79 Å². The lowest BCUT2D eigenvalue weighted by atomic mass is 10.5. The molecular weight excluding hydrogens is 250 g/mol. The zero-order chi connectivity index (χ0) is 12.8. The molecule has 0 unspecified atom stereocenters. The van der Waals surface area contributed by atoms with Gasteiger partial charge in [-0.25, -0.2) is 9.59 Å². The van der Waals surface area contributed by atoms with Gasteiger partial charge in [-0.1, -0.05) is 11.8 Å². The first-order valence-electron chi connectivity index (χ1n) is 4.36. The van der Waals surface area contributed by atoms with Crippen LogP contribution in [0.1, 0.15) is 10.6 Å². The summed E-state index contributed by atoms with van der Waals surface area (Å²) in [4.78, 5) is 32.3. The molecule has 1 rings (SSSR count). The van der Waals surface area contributed by atoms with Crippen LogP contribution in [-0.4, -0.2) is 35.9 Å². The van der Waals surface area contributed by atoms with Crippen molar-refractivity contribution in [2.75, 3.05) is 12.9 Å². The van der Waals surface area contributed by atoms with Crippen LogP contribution in [0.25, 0.3) is 0 Å². The number of nitrogens with one attached hydrogen (secondary N) is 1. The first kappa shape index (κ1) is 13.1. The Labute approximate surface area is 100 Å². The number of aromatic carboxylic acids is 1. The molecule has 0 spiro atoms. The smallest absolute Gasteiger partial charge is 0.413 e. The zero-order valence-electron chi connectivity index (χ0n) is 8.76. The van der Waals surface area contributed by atoms with Crippen LogP contribution >= 0.6 is 11.8 Å². The lowest BCUT2D eigenvalue weighted by Gasteiger charge is -2.00. The number of carboxylic acids is 1. The Morgan fingerprint density at radius 3 is 2.71 bits per heavy atom. The minimum atomic E-state index is -1.18. The van der Waals surface area contributed by atoms with Gasteiger partial charge in [-0.15, -0.1) is 0 Å². The minimum absolute atomic E-state index is 0.0817. The van der Waals surface area contributed by atoms with Crippen LogP contribution in [-0.2, 0) is 9.53 Å². The summed E-state index contributed by atoms with van der Waals surface area (Å²) in [6, 6.07) is 2.71. The van der Waals surface area contributed by atoms with E-state index in [-0.39, 0.29) is 16.6 Å². The maximum atomic E-state index is 11.1. The molecule has 17 heavy (non-hydrogen) atoms. The first-order chi connectivity index (χ1) is 8.02. The van der Waals surface area contributed by atoms with Gasteiger partial charge in [-0.2, -0.15) is 0 Å². The number of thioether (sulfide) groups is 1. The highest BCUT2D eigenvalue weighted by atomic mass is 32.2. The molecule has 0 saturated carbocycles. The van der Waals surface area contributed by atoms with Crippen LogP contribution in [0.2, 0.25) is 0 Å². The number of rotatable bonds is 4. The molecule has 1 heterocycles. The number of alkyl carbamates (subject to hydrolysis) is 1. The summed E-state index contributed by atoms with van der Waals surface area (Å²) in [5, 5.41) is 10.8. The number of carbonyl (C=O) groups excluding carboxylic acids is 2. The molecule has 0 aliphatic rings. The number of ether oxygens (including phenoxy) is 1. The Morgan fingerprint density at radius 2 is 2.18 bits per heavy atom. The van der Waals surface area contributed by atoms with Crippen molar-refractivity contribution in [3.8, 4) is 0 Å². The number of imide groups is 1. The lowest BCUT2D eigenvalue weighted by Crippen LogP contribution is -2.31. The summed E-state index contributed by atoms with van der Waals surface area (Å²) < 4.78 is 9.12. The molecule has 1 aromatic rings. The molecule has 0 aromatic carbocycles. The van der Waals surface area contributed by atoms with Gasteiger partial charge in [0, 0.05) is 0 Å². The van der Waals surface area contributed by atoms with E-state index in [4.69, 9.17) is 9.52 Å². The van der Waals surface area contributed by atoms with E-state index in [9.17, 15) is 14.4 Å². The quantitative estimate of drug-likeness (QED) is 0.775. The SMILES string of the molecule is COC(=O)NC(=O)CSc1ccc(C(=O)O)o1. The van der Waals surface area contributed by atoms with Crippen molar-refractivity contribution in [3.63, 3.8) is 0 Å². The van der Waals surface area contributed by atoms with Gasteiger partial charge >= 0.3 is 12.1 Å². The number of methoxy groups -OCH3 is 1. The van der Waals surface area contributed by atoms with Crippen molar-refractivity contribution in [1.82, 2.24) is 5.32 Å². The molecule has 0 aliphatic heterocycles. The second-order valence-corrected chi connectivity index (χ2v) is 3.73. The van der Waals surface area contributed by atoms with Gasteiger partial charge in [-0.3, -0.25) is 10.1 Å². The second kappa shape index (κ2) is 5.94.